The monoisotopic (exact) mass is 259 g/mol. The molecule has 0 unspecified atom stereocenters. The van der Waals surface area contributed by atoms with Crippen molar-refractivity contribution in [2.75, 3.05) is 26.4 Å². The van der Waals surface area contributed by atoms with Crippen LogP contribution >= 0.6 is 0 Å². The molecule has 0 bridgehead atoms. The minimum absolute atomic E-state index is 0.778. The molecule has 2 heterocycles. The number of pyridine rings is 1. The molecule has 2 aromatic rings. The number of rotatable bonds is 0. The predicted octanol–water partition coefficient (Wildman–Crippen LogP) is 3.11. The molecule has 0 amide bonds. The zero-order valence-corrected chi connectivity index (χ0v) is 11.4. The van der Waals surface area contributed by atoms with Crippen LogP contribution in [-0.4, -0.2) is 31.4 Å². The van der Waals surface area contributed by atoms with Crippen LogP contribution < -0.4 is 0 Å². The summed E-state index contributed by atoms with van der Waals surface area (Å²) in [6.07, 6.45) is 3.50. The smallest absolute Gasteiger partial charge is 0.0701 e. The Kier molecular flexibility index (Phi) is 9.20. The molecule has 1 aromatic carbocycles. The maximum Gasteiger partial charge on any atom is 0.0701 e. The first kappa shape index (κ1) is 15.3. The zero-order chi connectivity index (χ0) is 13.6. The van der Waals surface area contributed by atoms with Gasteiger partial charge < -0.3 is 9.47 Å². The van der Waals surface area contributed by atoms with E-state index in [0.717, 1.165) is 26.4 Å². The van der Waals surface area contributed by atoms with Gasteiger partial charge in [0.2, 0.25) is 0 Å². The molecule has 3 rings (SSSR count). The van der Waals surface area contributed by atoms with E-state index in [1.54, 1.807) is 12.4 Å². The van der Waals surface area contributed by atoms with Crippen LogP contribution in [0.2, 0.25) is 0 Å². The Bertz CT molecular complexity index is 350. The summed E-state index contributed by atoms with van der Waals surface area (Å²) in [5, 5.41) is 0. The third kappa shape index (κ3) is 9.94. The molecule has 0 spiro atoms. The van der Waals surface area contributed by atoms with Crippen LogP contribution in [0.15, 0.2) is 60.9 Å². The molecule has 1 fully saturated rings. The van der Waals surface area contributed by atoms with Crippen molar-refractivity contribution >= 4 is 0 Å². The van der Waals surface area contributed by atoms with E-state index in [4.69, 9.17) is 9.47 Å². The van der Waals surface area contributed by atoms with Crippen LogP contribution in [-0.2, 0) is 9.47 Å². The second-order valence-electron chi connectivity index (χ2n) is 3.90. The number of aryl methyl sites for hydroxylation is 1. The van der Waals surface area contributed by atoms with Crippen molar-refractivity contribution in [1.29, 1.82) is 0 Å². The van der Waals surface area contributed by atoms with Gasteiger partial charge in [-0.05, 0) is 19.1 Å². The molecule has 0 saturated carbocycles. The first-order chi connectivity index (χ1) is 9.39. The molecule has 0 N–H and O–H groups in total. The molecule has 19 heavy (non-hydrogen) atoms. The van der Waals surface area contributed by atoms with Crippen LogP contribution in [0, 0.1) is 6.92 Å². The van der Waals surface area contributed by atoms with Gasteiger partial charge in [-0.15, -0.1) is 0 Å². The summed E-state index contributed by atoms with van der Waals surface area (Å²) in [7, 11) is 0. The molecule has 1 aliphatic rings. The van der Waals surface area contributed by atoms with Gasteiger partial charge in [0.05, 0.1) is 26.4 Å². The minimum Gasteiger partial charge on any atom is -0.377 e. The van der Waals surface area contributed by atoms with E-state index in [2.05, 4.69) is 24.0 Å². The topological polar surface area (TPSA) is 31.4 Å². The maximum absolute atomic E-state index is 4.94. The van der Waals surface area contributed by atoms with Crippen molar-refractivity contribution in [2.24, 2.45) is 0 Å². The lowest BCUT2D eigenvalue weighted by molar-refractivity contribution is -0.0334. The summed E-state index contributed by atoms with van der Waals surface area (Å²) in [5.74, 6) is 0. The molecule has 1 aromatic heterocycles. The number of ether oxygens (including phenoxy) is 2. The normalized spacial score (nSPS) is 13.3. The Morgan fingerprint density at radius 2 is 1.21 bits per heavy atom. The van der Waals surface area contributed by atoms with E-state index in [1.165, 1.54) is 5.56 Å². The molecule has 0 aliphatic carbocycles. The molecule has 3 nitrogen and oxygen atoms in total. The van der Waals surface area contributed by atoms with Gasteiger partial charge in [0.15, 0.2) is 0 Å². The van der Waals surface area contributed by atoms with Gasteiger partial charge in [-0.25, -0.2) is 0 Å². The molecule has 102 valence electrons. The SMILES string of the molecule is C1COCCO1.Cc1ccccc1.c1ccncc1. The summed E-state index contributed by atoms with van der Waals surface area (Å²) in [6, 6.07) is 16.0. The molecule has 0 radical (unpaired) electrons. The standard InChI is InChI=1S/C7H8.C5H5N.C4H8O2/c1-7-5-3-2-4-6-7;1-2-4-6-5-3-1;1-2-6-4-3-5-1/h2-6H,1H3;1-5H;1-4H2. The molecule has 1 aliphatic heterocycles. The fraction of sp³-hybridized carbons (Fsp3) is 0.312. The molecular formula is C16H21NO2. The Morgan fingerprint density at radius 3 is 1.42 bits per heavy atom. The lowest BCUT2D eigenvalue weighted by Crippen LogP contribution is -2.16. The molecular weight excluding hydrogens is 238 g/mol. The number of hydrogen-bond donors (Lipinski definition) is 0. The zero-order valence-electron chi connectivity index (χ0n) is 11.4. The fourth-order valence-corrected chi connectivity index (χ4v) is 1.29. The van der Waals surface area contributed by atoms with E-state index in [0.29, 0.717) is 0 Å². The molecule has 1 saturated heterocycles. The summed E-state index contributed by atoms with van der Waals surface area (Å²) in [4.78, 5) is 3.78. The summed E-state index contributed by atoms with van der Waals surface area (Å²) in [5.41, 5.74) is 1.32. The van der Waals surface area contributed by atoms with E-state index >= 15 is 0 Å². The van der Waals surface area contributed by atoms with E-state index < -0.39 is 0 Å². The van der Waals surface area contributed by atoms with Crippen molar-refractivity contribution in [3.63, 3.8) is 0 Å². The van der Waals surface area contributed by atoms with Crippen LogP contribution in [0.5, 0.6) is 0 Å². The van der Waals surface area contributed by atoms with E-state index in [9.17, 15) is 0 Å². The number of hydrogen-bond acceptors (Lipinski definition) is 3. The first-order valence-corrected chi connectivity index (χ1v) is 6.42. The molecule has 3 heteroatoms. The highest BCUT2D eigenvalue weighted by atomic mass is 16.6. The van der Waals surface area contributed by atoms with E-state index in [-0.39, 0.29) is 0 Å². The van der Waals surface area contributed by atoms with Crippen LogP contribution in [0.25, 0.3) is 0 Å². The quantitative estimate of drug-likeness (QED) is 0.728. The number of nitrogens with zero attached hydrogens (tertiary/aromatic N) is 1. The Balaban J connectivity index is 0.000000143. The number of aromatic nitrogens is 1. The Hall–Kier alpha value is -1.71. The van der Waals surface area contributed by atoms with Gasteiger partial charge >= 0.3 is 0 Å². The van der Waals surface area contributed by atoms with Gasteiger partial charge in [-0.2, -0.15) is 0 Å². The van der Waals surface area contributed by atoms with Crippen molar-refractivity contribution in [2.45, 2.75) is 6.92 Å². The van der Waals surface area contributed by atoms with Gasteiger partial charge in [-0.3, -0.25) is 4.98 Å². The van der Waals surface area contributed by atoms with Gasteiger partial charge in [0, 0.05) is 12.4 Å². The fourth-order valence-electron chi connectivity index (χ4n) is 1.29. The lowest BCUT2D eigenvalue weighted by Gasteiger charge is -2.09. The third-order valence-corrected chi connectivity index (χ3v) is 2.25. The lowest BCUT2D eigenvalue weighted by atomic mass is 10.2. The second-order valence-corrected chi connectivity index (χ2v) is 3.90. The van der Waals surface area contributed by atoms with E-state index in [1.807, 2.05) is 36.4 Å². The van der Waals surface area contributed by atoms with Crippen LogP contribution in [0.3, 0.4) is 0 Å². The van der Waals surface area contributed by atoms with Gasteiger partial charge in [0.25, 0.3) is 0 Å². The second kappa shape index (κ2) is 11.4. The van der Waals surface area contributed by atoms with Crippen molar-refractivity contribution < 1.29 is 9.47 Å². The van der Waals surface area contributed by atoms with Crippen LogP contribution in [0.4, 0.5) is 0 Å². The predicted molar refractivity (Wildman–Crippen MR) is 77.1 cm³/mol. The van der Waals surface area contributed by atoms with Crippen molar-refractivity contribution in [3.05, 3.63) is 66.5 Å². The maximum atomic E-state index is 4.94. The van der Waals surface area contributed by atoms with Gasteiger partial charge in [-0.1, -0.05) is 42.0 Å². The summed E-state index contributed by atoms with van der Waals surface area (Å²) in [6.45, 7) is 5.19. The summed E-state index contributed by atoms with van der Waals surface area (Å²) < 4.78 is 9.89. The van der Waals surface area contributed by atoms with Crippen LogP contribution in [0.1, 0.15) is 5.56 Å². The average molecular weight is 259 g/mol. The highest BCUT2D eigenvalue weighted by molar-refractivity contribution is 5.11. The minimum atomic E-state index is 0.778. The highest BCUT2D eigenvalue weighted by Gasteiger charge is 1.94. The summed E-state index contributed by atoms with van der Waals surface area (Å²) >= 11 is 0. The van der Waals surface area contributed by atoms with Crippen molar-refractivity contribution in [1.82, 2.24) is 4.98 Å². The van der Waals surface area contributed by atoms with Crippen molar-refractivity contribution in [3.8, 4) is 0 Å². The van der Waals surface area contributed by atoms with Gasteiger partial charge in [0.1, 0.15) is 0 Å². The largest absolute Gasteiger partial charge is 0.377 e. The molecule has 0 atom stereocenters. The third-order valence-electron chi connectivity index (χ3n) is 2.25. The highest BCUT2D eigenvalue weighted by Crippen LogP contribution is 1.92. The first-order valence-electron chi connectivity index (χ1n) is 6.42. The Labute approximate surface area is 115 Å². The Morgan fingerprint density at radius 1 is 0.737 bits per heavy atom. The average Bonchev–Trinajstić information content (AvgIpc) is 2.53. The number of benzene rings is 1.